The van der Waals surface area contributed by atoms with Crippen LogP contribution in [0.3, 0.4) is 0 Å². The van der Waals surface area contributed by atoms with Crippen LogP contribution in [-0.4, -0.2) is 13.4 Å². The maximum atomic E-state index is 11.2. The molecule has 0 saturated heterocycles. The van der Waals surface area contributed by atoms with Gasteiger partial charge in [0.25, 0.3) is 0 Å². The summed E-state index contributed by atoms with van der Waals surface area (Å²) in [6.45, 7) is 2.02. The second-order valence-electron chi connectivity index (χ2n) is 4.91. The molecule has 2 aromatic rings. The molecule has 2 atom stereocenters. The maximum Gasteiger partial charge on any atom is 0.153 e. The van der Waals surface area contributed by atoms with Crippen LogP contribution in [-0.2, 0) is 4.74 Å². The van der Waals surface area contributed by atoms with E-state index in [9.17, 15) is 4.79 Å². The van der Waals surface area contributed by atoms with Gasteiger partial charge in [0.2, 0.25) is 0 Å². The molecule has 3 nitrogen and oxygen atoms in total. The molecule has 0 N–H and O–H groups in total. The monoisotopic (exact) mass is 268 g/mol. The van der Waals surface area contributed by atoms with Crippen LogP contribution in [0.1, 0.15) is 46.2 Å². The van der Waals surface area contributed by atoms with E-state index in [0.29, 0.717) is 11.3 Å². The summed E-state index contributed by atoms with van der Waals surface area (Å²) in [6.07, 6.45) is 0.695. The Bertz CT molecular complexity index is 634. The molecular weight excluding hydrogens is 252 g/mol. The van der Waals surface area contributed by atoms with Crippen molar-refractivity contribution in [3.8, 4) is 5.75 Å². The summed E-state index contributed by atoms with van der Waals surface area (Å²) in [5, 5.41) is 0. The topological polar surface area (TPSA) is 35.5 Å². The molecule has 0 spiro atoms. The van der Waals surface area contributed by atoms with Gasteiger partial charge < -0.3 is 9.47 Å². The normalized spacial score (nSPS) is 20.5. The van der Waals surface area contributed by atoms with Crippen molar-refractivity contribution in [3.05, 3.63) is 64.7 Å². The zero-order valence-electron chi connectivity index (χ0n) is 11.5. The number of carbonyl (C=O) groups is 1. The first kappa shape index (κ1) is 12.9. The van der Waals surface area contributed by atoms with Crippen molar-refractivity contribution in [2.45, 2.75) is 19.1 Å². The van der Waals surface area contributed by atoms with Gasteiger partial charge in [-0.2, -0.15) is 0 Å². The number of methoxy groups -OCH3 is 1. The van der Waals surface area contributed by atoms with Gasteiger partial charge >= 0.3 is 0 Å². The van der Waals surface area contributed by atoms with Gasteiger partial charge in [0.15, 0.2) is 6.29 Å². The average molecular weight is 268 g/mol. The van der Waals surface area contributed by atoms with E-state index in [1.165, 1.54) is 0 Å². The number of hydrogen-bond donors (Lipinski definition) is 0. The molecule has 3 rings (SSSR count). The fraction of sp³-hybridized carbons (Fsp3) is 0.235. The smallest absolute Gasteiger partial charge is 0.153 e. The van der Waals surface area contributed by atoms with E-state index in [-0.39, 0.29) is 12.2 Å². The Kier molecular flexibility index (Phi) is 3.28. The SMILES string of the molecule is COc1cc2c(cc1C=O)C(c1ccccc1)OC2C. The van der Waals surface area contributed by atoms with Gasteiger partial charge in [-0.1, -0.05) is 30.3 Å². The van der Waals surface area contributed by atoms with Gasteiger partial charge in [-0.25, -0.2) is 0 Å². The highest BCUT2D eigenvalue weighted by atomic mass is 16.5. The summed E-state index contributed by atoms with van der Waals surface area (Å²) >= 11 is 0. The van der Waals surface area contributed by atoms with Crippen molar-refractivity contribution in [2.75, 3.05) is 7.11 Å². The highest BCUT2D eigenvalue weighted by Crippen LogP contribution is 2.44. The quantitative estimate of drug-likeness (QED) is 0.796. The Morgan fingerprint density at radius 2 is 1.90 bits per heavy atom. The molecule has 2 aromatic carbocycles. The molecule has 1 aliphatic heterocycles. The highest BCUT2D eigenvalue weighted by molar-refractivity contribution is 5.80. The highest BCUT2D eigenvalue weighted by Gasteiger charge is 2.31. The van der Waals surface area contributed by atoms with Crippen LogP contribution in [0.2, 0.25) is 0 Å². The third-order valence-corrected chi connectivity index (χ3v) is 3.73. The summed E-state index contributed by atoms with van der Waals surface area (Å²) in [5.41, 5.74) is 3.79. The third kappa shape index (κ3) is 2.00. The third-order valence-electron chi connectivity index (χ3n) is 3.73. The summed E-state index contributed by atoms with van der Waals surface area (Å²) in [5.74, 6) is 0.600. The summed E-state index contributed by atoms with van der Waals surface area (Å²) < 4.78 is 11.3. The molecule has 0 bridgehead atoms. The van der Waals surface area contributed by atoms with Crippen molar-refractivity contribution in [3.63, 3.8) is 0 Å². The van der Waals surface area contributed by atoms with Gasteiger partial charge in [0.05, 0.1) is 18.8 Å². The molecule has 0 aromatic heterocycles. The first-order chi connectivity index (χ1) is 9.74. The molecule has 0 amide bonds. The van der Waals surface area contributed by atoms with Crippen LogP contribution >= 0.6 is 0 Å². The average Bonchev–Trinajstić information content (AvgIpc) is 2.83. The fourth-order valence-corrected chi connectivity index (χ4v) is 2.71. The van der Waals surface area contributed by atoms with Crippen molar-refractivity contribution in [1.29, 1.82) is 0 Å². The van der Waals surface area contributed by atoms with E-state index in [0.717, 1.165) is 23.0 Å². The predicted octanol–water partition coefficient (Wildman–Crippen LogP) is 3.69. The molecule has 1 heterocycles. The largest absolute Gasteiger partial charge is 0.496 e. The molecular formula is C17H16O3. The molecule has 0 fully saturated rings. The number of ether oxygens (including phenoxy) is 2. The van der Waals surface area contributed by atoms with E-state index in [4.69, 9.17) is 9.47 Å². The lowest BCUT2D eigenvalue weighted by molar-refractivity contribution is 0.0454. The van der Waals surface area contributed by atoms with Crippen LogP contribution in [0, 0.1) is 0 Å². The predicted molar refractivity (Wildman–Crippen MR) is 76.2 cm³/mol. The van der Waals surface area contributed by atoms with E-state index in [1.54, 1.807) is 7.11 Å². The number of fused-ring (bicyclic) bond motifs is 1. The first-order valence-corrected chi connectivity index (χ1v) is 6.62. The zero-order valence-corrected chi connectivity index (χ0v) is 11.5. The second-order valence-corrected chi connectivity index (χ2v) is 4.91. The molecule has 102 valence electrons. The molecule has 20 heavy (non-hydrogen) atoms. The second kappa shape index (κ2) is 5.10. The van der Waals surface area contributed by atoms with E-state index in [2.05, 4.69) is 0 Å². The number of carbonyl (C=O) groups excluding carboxylic acids is 1. The van der Waals surface area contributed by atoms with Gasteiger partial charge in [0.1, 0.15) is 11.9 Å². The fourth-order valence-electron chi connectivity index (χ4n) is 2.71. The van der Waals surface area contributed by atoms with Crippen LogP contribution in [0.15, 0.2) is 42.5 Å². The minimum Gasteiger partial charge on any atom is -0.496 e. The van der Waals surface area contributed by atoms with E-state index >= 15 is 0 Å². The molecule has 0 radical (unpaired) electrons. The molecule has 3 heteroatoms. The summed E-state index contributed by atoms with van der Waals surface area (Å²) in [4.78, 5) is 11.2. The molecule has 2 unspecified atom stereocenters. The van der Waals surface area contributed by atoms with Gasteiger partial charge in [-0.05, 0) is 35.7 Å². The molecule has 0 saturated carbocycles. The number of rotatable bonds is 3. The summed E-state index contributed by atoms with van der Waals surface area (Å²) in [6, 6.07) is 13.8. The lowest BCUT2D eigenvalue weighted by Crippen LogP contribution is -2.00. The minimum atomic E-state index is -0.120. The Morgan fingerprint density at radius 1 is 1.15 bits per heavy atom. The maximum absolute atomic E-state index is 11.2. The standard InChI is InChI=1S/C17H16O3/c1-11-14-9-16(19-2)13(10-18)8-15(14)17(20-11)12-6-4-3-5-7-12/h3-11,17H,1-2H3. The van der Waals surface area contributed by atoms with Crippen LogP contribution in [0.5, 0.6) is 5.75 Å². The Morgan fingerprint density at radius 3 is 2.55 bits per heavy atom. The Labute approximate surface area is 118 Å². The number of aldehydes is 1. The summed E-state index contributed by atoms with van der Waals surface area (Å²) in [7, 11) is 1.57. The Hall–Kier alpha value is -2.13. The molecule has 1 aliphatic rings. The van der Waals surface area contributed by atoms with Crippen molar-refractivity contribution < 1.29 is 14.3 Å². The molecule has 0 aliphatic carbocycles. The lowest BCUT2D eigenvalue weighted by Gasteiger charge is -2.13. The van der Waals surface area contributed by atoms with Crippen molar-refractivity contribution >= 4 is 6.29 Å². The number of benzene rings is 2. The number of hydrogen-bond acceptors (Lipinski definition) is 3. The van der Waals surface area contributed by atoms with Crippen LogP contribution in [0.25, 0.3) is 0 Å². The van der Waals surface area contributed by atoms with Crippen molar-refractivity contribution in [2.24, 2.45) is 0 Å². The van der Waals surface area contributed by atoms with Gasteiger partial charge in [-0.15, -0.1) is 0 Å². The lowest BCUT2D eigenvalue weighted by atomic mass is 9.95. The van der Waals surface area contributed by atoms with Gasteiger partial charge in [-0.3, -0.25) is 4.79 Å². The Balaban J connectivity index is 2.12. The first-order valence-electron chi connectivity index (χ1n) is 6.62. The van der Waals surface area contributed by atoms with Crippen molar-refractivity contribution in [1.82, 2.24) is 0 Å². The van der Waals surface area contributed by atoms with Crippen LogP contribution < -0.4 is 4.74 Å². The zero-order chi connectivity index (χ0) is 14.1. The van der Waals surface area contributed by atoms with E-state index < -0.39 is 0 Å². The van der Waals surface area contributed by atoms with Crippen LogP contribution in [0.4, 0.5) is 0 Å². The minimum absolute atomic E-state index is 0.00944. The van der Waals surface area contributed by atoms with E-state index in [1.807, 2.05) is 49.4 Å². The van der Waals surface area contributed by atoms with Gasteiger partial charge in [0, 0.05) is 0 Å².